The Balaban J connectivity index is 1.84. The molecule has 1 aliphatic rings. The van der Waals surface area contributed by atoms with Gasteiger partial charge < -0.3 is 0 Å². The number of ketones is 1. The highest BCUT2D eigenvalue weighted by molar-refractivity contribution is 6.05. The molecule has 3 aromatic carbocycles. The van der Waals surface area contributed by atoms with Crippen molar-refractivity contribution in [2.75, 3.05) is 0 Å². The van der Waals surface area contributed by atoms with Crippen molar-refractivity contribution in [1.29, 1.82) is 0 Å². The lowest BCUT2D eigenvalue weighted by Crippen LogP contribution is -2.09. The Kier molecular flexibility index (Phi) is 3.23. The summed E-state index contributed by atoms with van der Waals surface area (Å²) in [5, 5.41) is 0.669. The standard InChI is InChI=1S/C20H13F3O/c21-20(22,23)18-7-3-5-12-8-9-14(10-16(12)18)17-11-13-4-1-2-6-15(13)19(17)24/h1-10,17H,11H2. The zero-order chi connectivity index (χ0) is 16.9. The maximum atomic E-state index is 13.3. The first kappa shape index (κ1) is 14.9. The van der Waals surface area contributed by atoms with Crippen LogP contribution in [0, 0.1) is 0 Å². The number of benzene rings is 3. The van der Waals surface area contributed by atoms with Gasteiger partial charge in [0.15, 0.2) is 5.78 Å². The summed E-state index contributed by atoms with van der Waals surface area (Å²) >= 11 is 0. The van der Waals surface area contributed by atoms with Crippen molar-refractivity contribution in [2.24, 2.45) is 0 Å². The van der Waals surface area contributed by atoms with Crippen molar-refractivity contribution in [2.45, 2.75) is 18.5 Å². The number of hydrogen-bond acceptors (Lipinski definition) is 1. The van der Waals surface area contributed by atoms with Crippen LogP contribution in [0.2, 0.25) is 0 Å². The Bertz CT molecular complexity index is 957. The molecule has 0 saturated heterocycles. The van der Waals surface area contributed by atoms with E-state index >= 15 is 0 Å². The minimum atomic E-state index is -4.42. The van der Waals surface area contributed by atoms with Crippen molar-refractivity contribution in [3.8, 4) is 0 Å². The van der Waals surface area contributed by atoms with E-state index in [0.717, 1.165) is 11.6 Å². The second-order valence-corrected chi connectivity index (χ2v) is 6.06. The molecule has 0 radical (unpaired) electrons. The maximum absolute atomic E-state index is 13.3. The summed E-state index contributed by atoms with van der Waals surface area (Å²) in [6.45, 7) is 0. The number of carbonyl (C=O) groups excluding carboxylic acids is 1. The second kappa shape index (κ2) is 5.20. The summed E-state index contributed by atoms with van der Waals surface area (Å²) in [5.74, 6) is -0.428. The molecule has 0 N–H and O–H groups in total. The summed E-state index contributed by atoms with van der Waals surface area (Å²) < 4.78 is 39.8. The molecule has 1 aliphatic carbocycles. The highest BCUT2D eigenvalue weighted by Gasteiger charge is 2.34. The molecule has 0 heterocycles. The van der Waals surface area contributed by atoms with E-state index in [9.17, 15) is 18.0 Å². The molecule has 1 unspecified atom stereocenters. The van der Waals surface area contributed by atoms with Gasteiger partial charge in [0.05, 0.1) is 11.5 Å². The van der Waals surface area contributed by atoms with Gasteiger partial charge in [-0.3, -0.25) is 4.79 Å². The quantitative estimate of drug-likeness (QED) is 0.586. The normalized spacial score (nSPS) is 17.3. The fraction of sp³-hybridized carbons (Fsp3) is 0.150. The van der Waals surface area contributed by atoms with Crippen LogP contribution >= 0.6 is 0 Å². The lowest BCUT2D eigenvalue weighted by atomic mass is 9.92. The topological polar surface area (TPSA) is 17.1 Å². The Labute approximate surface area is 136 Å². The summed E-state index contributed by atoms with van der Waals surface area (Å²) in [6.07, 6.45) is -3.88. The third-order valence-electron chi connectivity index (χ3n) is 4.64. The summed E-state index contributed by atoms with van der Waals surface area (Å²) in [5.41, 5.74) is 1.61. The van der Waals surface area contributed by atoms with Crippen LogP contribution in [0.4, 0.5) is 13.2 Å². The number of Topliss-reactive ketones (excluding diaryl/α,β-unsaturated/α-hetero) is 1. The highest BCUT2D eigenvalue weighted by atomic mass is 19.4. The number of hydrogen-bond donors (Lipinski definition) is 0. The van der Waals surface area contributed by atoms with Crippen LogP contribution in [0.15, 0.2) is 60.7 Å². The minimum absolute atomic E-state index is 0.0190. The van der Waals surface area contributed by atoms with Crippen molar-refractivity contribution < 1.29 is 18.0 Å². The predicted octanol–water partition coefficient (Wildman–Crippen LogP) is 5.38. The molecule has 1 nitrogen and oxygen atoms in total. The van der Waals surface area contributed by atoms with E-state index < -0.39 is 17.7 Å². The molecule has 0 bridgehead atoms. The Morgan fingerprint density at radius 1 is 0.917 bits per heavy atom. The molecule has 0 saturated carbocycles. The zero-order valence-electron chi connectivity index (χ0n) is 12.6. The van der Waals surface area contributed by atoms with E-state index in [2.05, 4.69) is 0 Å². The molecular weight excluding hydrogens is 313 g/mol. The van der Waals surface area contributed by atoms with Crippen molar-refractivity contribution in [3.63, 3.8) is 0 Å². The highest BCUT2D eigenvalue weighted by Crippen LogP contribution is 2.38. The first-order valence-electron chi connectivity index (χ1n) is 7.67. The summed E-state index contributed by atoms with van der Waals surface area (Å²) in [6, 6.07) is 16.4. The number of rotatable bonds is 1. The molecule has 120 valence electrons. The van der Waals surface area contributed by atoms with Crippen LogP contribution in [0.25, 0.3) is 10.8 Å². The Morgan fingerprint density at radius 2 is 1.71 bits per heavy atom. The lowest BCUT2D eigenvalue weighted by Gasteiger charge is -2.14. The summed E-state index contributed by atoms with van der Waals surface area (Å²) in [7, 11) is 0. The van der Waals surface area contributed by atoms with Gasteiger partial charge in [0, 0.05) is 5.56 Å². The molecular formula is C20H13F3O. The molecule has 0 spiro atoms. The van der Waals surface area contributed by atoms with Crippen LogP contribution < -0.4 is 0 Å². The smallest absolute Gasteiger partial charge is 0.293 e. The molecule has 0 fully saturated rings. The van der Waals surface area contributed by atoms with Gasteiger partial charge in [-0.2, -0.15) is 13.2 Å². The van der Waals surface area contributed by atoms with E-state index in [-0.39, 0.29) is 11.2 Å². The van der Waals surface area contributed by atoms with Crippen LogP contribution in [0.3, 0.4) is 0 Å². The number of fused-ring (bicyclic) bond motifs is 2. The molecule has 3 aromatic rings. The van der Waals surface area contributed by atoms with Gasteiger partial charge in [-0.25, -0.2) is 0 Å². The maximum Gasteiger partial charge on any atom is 0.417 e. The fourth-order valence-electron chi connectivity index (χ4n) is 3.46. The van der Waals surface area contributed by atoms with Crippen molar-refractivity contribution in [3.05, 3.63) is 82.9 Å². The Hall–Kier alpha value is -2.62. The Morgan fingerprint density at radius 3 is 2.46 bits per heavy atom. The van der Waals surface area contributed by atoms with Gasteiger partial charge in [0.25, 0.3) is 0 Å². The monoisotopic (exact) mass is 326 g/mol. The summed E-state index contributed by atoms with van der Waals surface area (Å²) in [4.78, 5) is 12.6. The average Bonchev–Trinajstić information content (AvgIpc) is 2.90. The average molecular weight is 326 g/mol. The van der Waals surface area contributed by atoms with Gasteiger partial charge >= 0.3 is 6.18 Å². The molecule has 0 aliphatic heterocycles. The van der Waals surface area contributed by atoms with E-state index in [1.54, 1.807) is 30.3 Å². The number of halogens is 3. The zero-order valence-corrected chi connectivity index (χ0v) is 12.6. The van der Waals surface area contributed by atoms with Gasteiger partial charge in [-0.15, -0.1) is 0 Å². The second-order valence-electron chi connectivity index (χ2n) is 6.06. The van der Waals surface area contributed by atoms with Gasteiger partial charge in [-0.1, -0.05) is 48.5 Å². The number of alkyl halides is 3. The van der Waals surface area contributed by atoms with Crippen molar-refractivity contribution >= 4 is 16.6 Å². The van der Waals surface area contributed by atoms with Crippen LogP contribution in [-0.2, 0) is 12.6 Å². The lowest BCUT2D eigenvalue weighted by molar-refractivity contribution is -0.136. The molecule has 1 atom stereocenters. The van der Waals surface area contributed by atoms with Gasteiger partial charge in [-0.05, 0) is 40.5 Å². The van der Waals surface area contributed by atoms with Crippen molar-refractivity contribution in [1.82, 2.24) is 0 Å². The van der Waals surface area contributed by atoms with E-state index in [4.69, 9.17) is 0 Å². The molecule has 4 rings (SSSR count). The molecule has 0 aromatic heterocycles. The van der Waals surface area contributed by atoms with E-state index in [0.29, 0.717) is 22.9 Å². The van der Waals surface area contributed by atoms with E-state index in [1.807, 2.05) is 12.1 Å². The fourth-order valence-corrected chi connectivity index (χ4v) is 3.46. The van der Waals surface area contributed by atoms with Crippen LogP contribution in [0.5, 0.6) is 0 Å². The SMILES string of the molecule is O=C1c2ccccc2CC1c1ccc2cccc(C(F)(F)F)c2c1. The third kappa shape index (κ3) is 2.30. The largest absolute Gasteiger partial charge is 0.417 e. The molecule has 0 amide bonds. The van der Waals surface area contributed by atoms with Gasteiger partial charge in [0.2, 0.25) is 0 Å². The first-order chi connectivity index (χ1) is 11.4. The minimum Gasteiger partial charge on any atom is -0.293 e. The number of carbonyl (C=O) groups is 1. The first-order valence-corrected chi connectivity index (χ1v) is 7.67. The van der Waals surface area contributed by atoms with Gasteiger partial charge in [0.1, 0.15) is 0 Å². The third-order valence-corrected chi connectivity index (χ3v) is 4.64. The van der Waals surface area contributed by atoms with Crippen LogP contribution in [0.1, 0.15) is 33.0 Å². The predicted molar refractivity (Wildman–Crippen MR) is 86.2 cm³/mol. The molecule has 4 heteroatoms. The van der Waals surface area contributed by atoms with E-state index in [1.165, 1.54) is 12.1 Å². The van der Waals surface area contributed by atoms with Crippen LogP contribution in [-0.4, -0.2) is 5.78 Å². The molecule has 24 heavy (non-hydrogen) atoms.